The molecular weight excluding hydrogens is 248 g/mol. The molecule has 1 fully saturated rings. The van der Waals surface area contributed by atoms with Gasteiger partial charge >= 0.3 is 0 Å². The first-order valence-corrected chi connectivity index (χ1v) is 7.81. The lowest BCUT2D eigenvalue weighted by atomic mass is 9.78. The van der Waals surface area contributed by atoms with Gasteiger partial charge in [0.15, 0.2) is 0 Å². The van der Waals surface area contributed by atoms with Crippen molar-refractivity contribution >= 4 is 15.7 Å². The van der Waals surface area contributed by atoms with Crippen molar-refractivity contribution in [2.45, 2.75) is 43.5 Å². The fourth-order valence-electron chi connectivity index (χ4n) is 2.17. The minimum absolute atomic E-state index is 0.183. The molecule has 0 saturated heterocycles. The van der Waals surface area contributed by atoms with E-state index in [-0.39, 0.29) is 5.54 Å². The number of sulfonamides is 1. The molecule has 0 spiro atoms. The topological polar surface area (TPSA) is 58.2 Å². The van der Waals surface area contributed by atoms with Crippen LogP contribution in [0.25, 0.3) is 0 Å². The highest BCUT2D eigenvalue weighted by Crippen LogP contribution is 2.34. The quantitative estimate of drug-likeness (QED) is 0.861. The molecular formula is C13H20N2O2S. The molecule has 0 amide bonds. The van der Waals surface area contributed by atoms with Crippen molar-refractivity contribution in [2.75, 3.05) is 11.9 Å². The first kappa shape index (κ1) is 13.4. The minimum atomic E-state index is -3.34. The summed E-state index contributed by atoms with van der Waals surface area (Å²) in [6.45, 7) is 4.37. The maximum atomic E-state index is 11.8. The van der Waals surface area contributed by atoms with Crippen LogP contribution >= 0.6 is 0 Å². The van der Waals surface area contributed by atoms with E-state index in [4.69, 9.17) is 0 Å². The van der Waals surface area contributed by atoms with Crippen LogP contribution in [0.15, 0.2) is 29.2 Å². The summed E-state index contributed by atoms with van der Waals surface area (Å²) in [6.07, 6.45) is 3.60. The molecule has 1 aliphatic carbocycles. The average molecular weight is 268 g/mol. The second kappa shape index (κ2) is 4.90. The molecule has 100 valence electrons. The fourth-order valence-corrected chi connectivity index (χ4v) is 3.21. The normalized spacial score (nSPS) is 18.1. The maximum absolute atomic E-state index is 11.8. The van der Waals surface area contributed by atoms with E-state index in [2.05, 4.69) is 17.0 Å². The van der Waals surface area contributed by atoms with E-state index in [1.165, 1.54) is 19.3 Å². The molecule has 0 bridgehead atoms. The summed E-state index contributed by atoms with van der Waals surface area (Å²) in [7, 11) is -3.34. The highest BCUT2D eigenvalue weighted by atomic mass is 32.2. The lowest BCUT2D eigenvalue weighted by molar-refractivity contribution is 0.306. The van der Waals surface area contributed by atoms with Gasteiger partial charge in [0.2, 0.25) is 10.0 Å². The van der Waals surface area contributed by atoms with Crippen LogP contribution in [0.1, 0.15) is 33.1 Å². The standard InChI is InChI=1S/C13H20N2O2S/c1-3-14-18(16,17)12-7-5-11(6-8-12)15-13(2)9-4-10-13/h5-8,14-15H,3-4,9-10H2,1-2H3. The molecule has 0 atom stereocenters. The maximum Gasteiger partial charge on any atom is 0.240 e. The van der Waals surface area contributed by atoms with Gasteiger partial charge in [-0.1, -0.05) is 6.92 Å². The second-order valence-electron chi connectivity index (χ2n) is 5.06. The number of anilines is 1. The van der Waals surface area contributed by atoms with Gasteiger partial charge in [0.25, 0.3) is 0 Å². The highest BCUT2D eigenvalue weighted by Gasteiger charge is 2.31. The van der Waals surface area contributed by atoms with Gasteiger partial charge < -0.3 is 5.32 Å². The molecule has 0 aliphatic heterocycles. The molecule has 2 rings (SSSR count). The lowest BCUT2D eigenvalue weighted by Gasteiger charge is -2.40. The van der Waals surface area contributed by atoms with Crippen molar-refractivity contribution in [1.82, 2.24) is 4.72 Å². The molecule has 1 saturated carbocycles. The number of rotatable bonds is 5. The third kappa shape index (κ3) is 2.84. The monoisotopic (exact) mass is 268 g/mol. The smallest absolute Gasteiger partial charge is 0.240 e. The van der Waals surface area contributed by atoms with Crippen LogP contribution in [-0.2, 0) is 10.0 Å². The van der Waals surface area contributed by atoms with Gasteiger partial charge in [-0.25, -0.2) is 13.1 Å². The van der Waals surface area contributed by atoms with Gasteiger partial charge in [0.05, 0.1) is 4.90 Å². The van der Waals surface area contributed by atoms with Crippen molar-refractivity contribution in [1.29, 1.82) is 0 Å². The zero-order chi connectivity index (χ0) is 13.2. The first-order valence-electron chi connectivity index (χ1n) is 6.33. The summed E-state index contributed by atoms with van der Waals surface area (Å²) < 4.78 is 26.0. The Morgan fingerprint density at radius 1 is 1.22 bits per heavy atom. The Bertz CT molecular complexity index is 504. The number of benzene rings is 1. The van der Waals surface area contributed by atoms with E-state index < -0.39 is 10.0 Å². The predicted molar refractivity (Wildman–Crippen MR) is 73.2 cm³/mol. The van der Waals surface area contributed by atoms with Gasteiger partial charge in [-0.3, -0.25) is 0 Å². The first-order chi connectivity index (χ1) is 8.45. The third-order valence-corrected chi connectivity index (χ3v) is 4.96. The van der Waals surface area contributed by atoms with Gasteiger partial charge in [0.1, 0.15) is 0 Å². The van der Waals surface area contributed by atoms with E-state index >= 15 is 0 Å². The molecule has 0 aromatic heterocycles. The van der Waals surface area contributed by atoms with Crippen LogP contribution in [0.2, 0.25) is 0 Å². The molecule has 1 aromatic carbocycles. The second-order valence-corrected chi connectivity index (χ2v) is 6.83. The SMILES string of the molecule is CCNS(=O)(=O)c1ccc(NC2(C)CCC2)cc1. The van der Waals surface area contributed by atoms with Crippen molar-refractivity contribution < 1.29 is 8.42 Å². The van der Waals surface area contributed by atoms with Crippen molar-refractivity contribution in [3.05, 3.63) is 24.3 Å². The Labute approximate surface area is 109 Å². The number of nitrogens with one attached hydrogen (secondary N) is 2. The number of hydrogen-bond donors (Lipinski definition) is 2. The molecule has 1 aliphatic rings. The van der Waals surface area contributed by atoms with Crippen LogP contribution in [0.4, 0.5) is 5.69 Å². The highest BCUT2D eigenvalue weighted by molar-refractivity contribution is 7.89. The van der Waals surface area contributed by atoms with Gasteiger partial charge in [-0.05, 0) is 50.5 Å². The zero-order valence-electron chi connectivity index (χ0n) is 10.9. The molecule has 0 heterocycles. The van der Waals surface area contributed by atoms with E-state index in [1.54, 1.807) is 19.1 Å². The van der Waals surface area contributed by atoms with Crippen molar-refractivity contribution in [3.8, 4) is 0 Å². The molecule has 18 heavy (non-hydrogen) atoms. The van der Waals surface area contributed by atoms with Gasteiger partial charge in [-0.15, -0.1) is 0 Å². The average Bonchev–Trinajstić information content (AvgIpc) is 2.27. The Morgan fingerprint density at radius 2 is 1.83 bits per heavy atom. The zero-order valence-corrected chi connectivity index (χ0v) is 11.7. The van der Waals surface area contributed by atoms with Gasteiger partial charge in [-0.2, -0.15) is 0 Å². The summed E-state index contributed by atoms with van der Waals surface area (Å²) in [6, 6.07) is 6.94. The molecule has 0 unspecified atom stereocenters. The summed E-state index contributed by atoms with van der Waals surface area (Å²) in [5, 5.41) is 3.45. The lowest BCUT2D eigenvalue weighted by Crippen LogP contribution is -2.41. The fraction of sp³-hybridized carbons (Fsp3) is 0.538. The molecule has 4 nitrogen and oxygen atoms in total. The van der Waals surface area contributed by atoms with E-state index in [1.807, 2.05) is 12.1 Å². The summed E-state index contributed by atoms with van der Waals surface area (Å²) >= 11 is 0. The molecule has 5 heteroatoms. The van der Waals surface area contributed by atoms with Crippen molar-refractivity contribution in [2.24, 2.45) is 0 Å². The van der Waals surface area contributed by atoms with Crippen LogP contribution in [0.3, 0.4) is 0 Å². The molecule has 2 N–H and O–H groups in total. The van der Waals surface area contributed by atoms with Gasteiger partial charge in [0, 0.05) is 17.8 Å². The largest absolute Gasteiger partial charge is 0.380 e. The minimum Gasteiger partial charge on any atom is -0.380 e. The molecule has 0 radical (unpaired) electrons. The van der Waals surface area contributed by atoms with Crippen molar-refractivity contribution in [3.63, 3.8) is 0 Å². The van der Waals surface area contributed by atoms with Crippen LogP contribution < -0.4 is 10.0 Å². The number of hydrogen-bond acceptors (Lipinski definition) is 3. The van der Waals surface area contributed by atoms with Crippen LogP contribution in [0, 0.1) is 0 Å². The Kier molecular flexibility index (Phi) is 3.64. The Morgan fingerprint density at radius 3 is 2.28 bits per heavy atom. The van der Waals surface area contributed by atoms with E-state index in [0.717, 1.165) is 5.69 Å². The van der Waals surface area contributed by atoms with E-state index in [0.29, 0.717) is 11.4 Å². The summed E-state index contributed by atoms with van der Waals surface area (Å²) in [5.41, 5.74) is 1.16. The predicted octanol–water partition coefficient (Wildman–Crippen LogP) is 2.34. The molecule has 1 aromatic rings. The van der Waals surface area contributed by atoms with E-state index in [9.17, 15) is 8.42 Å². The Balaban J connectivity index is 2.10. The Hall–Kier alpha value is -1.07. The van der Waals surface area contributed by atoms with Crippen LogP contribution in [-0.4, -0.2) is 20.5 Å². The third-order valence-electron chi connectivity index (χ3n) is 3.40. The summed E-state index contributed by atoms with van der Waals surface area (Å²) in [4.78, 5) is 0.314. The summed E-state index contributed by atoms with van der Waals surface area (Å²) in [5.74, 6) is 0. The van der Waals surface area contributed by atoms with Crippen LogP contribution in [0.5, 0.6) is 0 Å².